The van der Waals surface area contributed by atoms with E-state index in [1.165, 1.54) is 0 Å². The third-order valence-electron chi connectivity index (χ3n) is 0. The van der Waals surface area contributed by atoms with Crippen molar-refractivity contribution < 1.29 is 37.8 Å². The minimum atomic E-state index is 0. The fourth-order valence-corrected chi connectivity index (χ4v) is 0. The molecule has 0 saturated heterocycles. The maximum atomic E-state index is 7.00. The van der Waals surface area contributed by atoms with E-state index in [2.05, 4.69) is 0 Å². The van der Waals surface area contributed by atoms with Gasteiger partial charge in [0.15, 0.2) is 0 Å². The standard InChI is InChI=1S/CH4O.2CH3.Y/c1-2;;;/h2H,1H3;2*1H3;/q;2*-1;. The van der Waals surface area contributed by atoms with Crippen LogP contribution in [-0.2, 0) is 32.7 Å². The summed E-state index contributed by atoms with van der Waals surface area (Å²) in [5, 5.41) is 7.00. The fraction of sp³-hybridized carbons (Fsp3) is 0.333. The maximum absolute atomic E-state index is 7.00. The zero-order chi connectivity index (χ0) is 2.00. The van der Waals surface area contributed by atoms with Crippen molar-refractivity contribution in [1.29, 1.82) is 0 Å². The van der Waals surface area contributed by atoms with Crippen molar-refractivity contribution in [2.24, 2.45) is 0 Å². The molecule has 33 valence electrons. The fourth-order valence-electron chi connectivity index (χ4n) is 0. The second-order valence-corrected chi connectivity index (χ2v) is 0. The quantitative estimate of drug-likeness (QED) is 0.500. The molecule has 0 unspecified atom stereocenters. The topological polar surface area (TPSA) is 20.2 Å². The van der Waals surface area contributed by atoms with Crippen LogP contribution in [0.25, 0.3) is 0 Å². The third-order valence-corrected chi connectivity index (χ3v) is 0. The molecule has 0 aliphatic carbocycles. The maximum Gasteiger partial charge on any atom is 0.0319 e. The van der Waals surface area contributed by atoms with E-state index in [1.807, 2.05) is 0 Å². The summed E-state index contributed by atoms with van der Waals surface area (Å²) in [5.41, 5.74) is 0. The van der Waals surface area contributed by atoms with Crippen LogP contribution in [0.4, 0.5) is 0 Å². The molecule has 0 atom stereocenters. The van der Waals surface area contributed by atoms with Gasteiger partial charge in [-0.2, -0.15) is 0 Å². The van der Waals surface area contributed by atoms with Crippen molar-refractivity contribution in [3.05, 3.63) is 14.9 Å². The average molecular weight is 151 g/mol. The average Bonchev–Trinajstić information content (AvgIpc) is 1.00. The normalized spacial score (nSPS) is 1.20. The Hall–Kier alpha value is 1.06. The van der Waals surface area contributed by atoms with Gasteiger partial charge in [0.1, 0.15) is 0 Å². The summed E-state index contributed by atoms with van der Waals surface area (Å²) in [6.07, 6.45) is 0. The molecule has 0 aliphatic heterocycles. The Morgan fingerprint density at radius 2 is 1.00 bits per heavy atom. The molecule has 0 fully saturated rings. The minimum Gasteiger partial charge on any atom is -0.400 e. The molecule has 0 saturated carbocycles. The van der Waals surface area contributed by atoms with Gasteiger partial charge in [-0.1, -0.05) is 0 Å². The molecule has 2 heteroatoms. The molecule has 0 heterocycles. The smallest absolute Gasteiger partial charge is 0.0319 e. The van der Waals surface area contributed by atoms with Gasteiger partial charge in [-0.25, -0.2) is 0 Å². The molecule has 0 amide bonds. The van der Waals surface area contributed by atoms with Gasteiger partial charge < -0.3 is 20.0 Å². The van der Waals surface area contributed by atoms with E-state index in [-0.39, 0.29) is 47.6 Å². The number of hydrogen-bond acceptors (Lipinski definition) is 1. The van der Waals surface area contributed by atoms with E-state index >= 15 is 0 Å². The zero-order valence-corrected chi connectivity index (χ0v) is 6.86. The van der Waals surface area contributed by atoms with Gasteiger partial charge in [-0.15, -0.1) is 0 Å². The van der Waals surface area contributed by atoms with Crippen LogP contribution in [0.3, 0.4) is 0 Å². The molecule has 0 spiro atoms. The Labute approximate surface area is 59.7 Å². The molecule has 1 N–H and O–H groups in total. The minimum absolute atomic E-state index is 0. The van der Waals surface area contributed by atoms with Gasteiger partial charge in [-0.05, 0) is 0 Å². The summed E-state index contributed by atoms with van der Waals surface area (Å²) >= 11 is 0. The van der Waals surface area contributed by atoms with E-state index in [0.29, 0.717) is 0 Å². The Balaban J connectivity index is -0.00000000167. The Bertz CT molecular complexity index is 6.85. The van der Waals surface area contributed by atoms with E-state index in [9.17, 15) is 0 Å². The van der Waals surface area contributed by atoms with Gasteiger partial charge in [0, 0.05) is 39.8 Å². The van der Waals surface area contributed by atoms with Crippen LogP contribution < -0.4 is 0 Å². The summed E-state index contributed by atoms with van der Waals surface area (Å²) in [4.78, 5) is 0. The van der Waals surface area contributed by atoms with Crippen molar-refractivity contribution in [3.63, 3.8) is 0 Å². The first kappa shape index (κ1) is 36.5. The van der Waals surface area contributed by atoms with E-state index in [1.54, 1.807) is 0 Å². The number of aliphatic hydroxyl groups excluding tert-OH is 1. The second kappa shape index (κ2) is 73.9. The predicted molar refractivity (Wildman–Crippen MR) is 21.0 cm³/mol. The Morgan fingerprint density at radius 3 is 1.00 bits per heavy atom. The van der Waals surface area contributed by atoms with Crippen LogP contribution in [0.5, 0.6) is 0 Å². The first-order chi connectivity index (χ1) is 1.00. The van der Waals surface area contributed by atoms with Gasteiger partial charge in [-0.3, -0.25) is 0 Å². The largest absolute Gasteiger partial charge is 0.400 e. The zero-order valence-electron chi connectivity index (χ0n) is 4.02. The van der Waals surface area contributed by atoms with Crippen LogP contribution in [-0.4, -0.2) is 12.2 Å². The van der Waals surface area contributed by atoms with Crippen LogP contribution in [0.2, 0.25) is 0 Å². The van der Waals surface area contributed by atoms with E-state index < -0.39 is 0 Å². The van der Waals surface area contributed by atoms with Gasteiger partial charge in [0.25, 0.3) is 0 Å². The Morgan fingerprint density at radius 1 is 1.00 bits per heavy atom. The monoisotopic (exact) mass is 151 g/mol. The van der Waals surface area contributed by atoms with Crippen molar-refractivity contribution in [2.75, 3.05) is 7.11 Å². The van der Waals surface area contributed by atoms with Crippen molar-refractivity contribution in [2.45, 2.75) is 0 Å². The van der Waals surface area contributed by atoms with Gasteiger partial charge in [0.2, 0.25) is 0 Å². The first-order valence-electron chi connectivity index (χ1n) is 0.447. The van der Waals surface area contributed by atoms with Crippen LogP contribution in [0.15, 0.2) is 0 Å². The molecular formula is C3H10OY-2. The van der Waals surface area contributed by atoms with Crippen LogP contribution >= 0.6 is 0 Å². The van der Waals surface area contributed by atoms with Crippen LogP contribution in [0.1, 0.15) is 0 Å². The summed E-state index contributed by atoms with van der Waals surface area (Å²) in [6, 6.07) is 0. The van der Waals surface area contributed by atoms with E-state index in [0.717, 1.165) is 7.11 Å². The molecule has 0 aromatic carbocycles. The summed E-state index contributed by atoms with van der Waals surface area (Å²) in [6.45, 7) is 0. The van der Waals surface area contributed by atoms with Gasteiger partial charge >= 0.3 is 0 Å². The third kappa shape index (κ3) is 42.0. The summed E-state index contributed by atoms with van der Waals surface area (Å²) < 4.78 is 0. The van der Waals surface area contributed by atoms with Crippen molar-refractivity contribution in [3.8, 4) is 0 Å². The molecule has 0 aliphatic rings. The first-order valence-corrected chi connectivity index (χ1v) is 0.447. The number of rotatable bonds is 0. The van der Waals surface area contributed by atoms with Crippen molar-refractivity contribution in [1.82, 2.24) is 0 Å². The molecule has 1 radical (unpaired) electrons. The van der Waals surface area contributed by atoms with Crippen molar-refractivity contribution >= 4 is 0 Å². The van der Waals surface area contributed by atoms with E-state index in [4.69, 9.17) is 5.11 Å². The molecule has 0 rings (SSSR count). The molecule has 5 heavy (non-hydrogen) atoms. The van der Waals surface area contributed by atoms with Gasteiger partial charge in [0.05, 0.1) is 0 Å². The molecule has 1 nitrogen and oxygen atoms in total. The SMILES string of the molecule is CO.[CH3-].[CH3-].[Y]. The van der Waals surface area contributed by atoms with Crippen LogP contribution in [0, 0.1) is 14.9 Å². The Kier molecular flexibility index (Phi) is 539. The number of aliphatic hydroxyl groups is 1. The summed E-state index contributed by atoms with van der Waals surface area (Å²) in [5.74, 6) is 0. The summed E-state index contributed by atoms with van der Waals surface area (Å²) in [7, 11) is 1.00. The molecule has 0 bridgehead atoms. The molecule has 0 aromatic heterocycles. The second-order valence-electron chi connectivity index (χ2n) is 0. The molecule has 0 aromatic rings. The predicted octanol–water partition coefficient (Wildman–Crippen LogP) is 0.507. The molecular weight excluding hydrogens is 141 g/mol. The number of hydrogen-bond donors (Lipinski definition) is 1.